The Morgan fingerprint density at radius 1 is 1.36 bits per heavy atom. The predicted molar refractivity (Wildman–Crippen MR) is 95.0 cm³/mol. The predicted octanol–water partition coefficient (Wildman–Crippen LogP) is 2.23. The standard InChI is InChI=1S/C19H28N2O4/c1-13(2)15-11-21(8-4-7-20(15)10-14-5-6-14)19(23)17-9-16(22)18(24-3)12-25-17/h9,12-15H,4-8,10-11H2,1-3H3/t15-/m1/s1. The van der Waals surface area contributed by atoms with E-state index in [0.717, 1.165) is 25.4 Å². The first-order valence-electron chi connectivity index (χ1n) is 9.19. The number of amides is 1. The van der Waals surface area contributed by atoms with Crippen LogP contribution in [0, 0.1) is 11.8 Å². The normalized spacial score (nSPS) is 22.1. The molecule has 0 bridgehead atoms. The Kier molecular flexibility index (Phi) is 5.47. The maximum absolute atomic E-state index is 12.8. The van der Waals surface area contributed by atoms with Gasteiger partial charge in [0.2, 0.25) is 11.2 Å². The van der Waals surface area contributed by atoms with Crippen molar-refractivity contribution in [1.82, 2.24) is 9.80 Å². The van der Waals surface area contributed by atoms with Gasteiger partial charge in [-0.05, 0) is 31.1 Å². The van der Waals surface area contributed by atoms with Crippen LogP contribution >= 0.6 is 0 Å². The molecule has 1 atom stereocenters. The van der Waals surface area contributed by atoms with Crippen LogP contribution in [0.25, 0.3) is 0 Å². The highest BCUT2D eigenvalue weighted by molar-refractivity contribution is 5.91. The Balaban J connectivity index is 1.75. The number of rotatable bonds is 5. The van der Waals surface area contributed by atoms with Gasteiger partial charge in [-0.2, -0.15) is 0 Å². The van der Waals surface area contributed by atoms with Crippen LogP contribution in [0.5, 0.6) is 5.75 Å². The molecule has 3 rings (SSSR count). The molecule has 1 aliphatic heterocycles. The van der Waals surface area contributed by atoms with Crippen molar-refractivity contribution < 1.29 is 13.9 Å². The van der Waals surface area contributed by atoms with Crippen molar-refractivity contribution in [2.24, 2.45) is 11.8 Å². The highest BCUT2D eigenvalue weighted by Crippen LogP contribution is 2.32. The Bertz CT molecular complexity index is 666. The molecule has 0 aromatic carbocycles. The third kappa shape index (κ3) is 4.24. The lowest BCUT2D eigenvalue weighted by Gasteiger charge is -2.34. The SMILES string of the molecule is COc1coc(C(=O)N2CCCN(CC3CC3)[C@@H](C(C)C)C2)cc1=O. The minimum Gasteiger partial charge on any atom is -0.490 e. The highest BCUT2D eigenvalue weighted by atomic mass is 16.5. The molecule has 1 aromatic rings. The second-order valence-corrected chi connectivity index (χ2v) is 7.53. The monoisotopic (exact) mass is 348 g/mol. The lowest BCUT2D eigenvalue weighted by atomic mass is 10.0. The van der Waals surface area contributed by atoms with Gasteiger partial charge in [-0.3, -0.25) is 14.5 Å². The zero-order chi connectivity index (χ0) is 18.0. The van der Waals surface area contributed by atoms with Crippen LogP contribution < -0.4 is 10.2 Å². The van der Waals surface area contributed by atoms with Crippen LogP contribution in [0.15, 0.2) is 21.5 Å². The van der Waals surface area contributed by atoms with Gasteiger partial charge in [-0.25, -0.2) is 0 Å². The smallest absolute Gasteiger partial charge is 0.289 e. The van der Waals surface area contributed by atoms with Gasteiger partial charge in [0.05, 0.1) is 7.11 Å². The van der Waals surface area contributed by atoms with Crippen molar-refractivity contribution in [3.05, 3.63) is 28.3 Å². The lowest BCUT2D eigenvalue weighted by molar-refractivity contribution is 0.0670. The highest BCUT2D eigenvalue weighted by Gasteiger charge is 2.34. The summed E-state index contributed by atoms with van der Waals surface area (Å²) >= 11 is 0. The molecule has 2 heterocycles. The average Bonchev–Trinajstić information content (AvgIpc) is 3.41. The van der Waals surface area contributed by atoms with Crippen molar-refractivity contribution >= 4 is 5.91 Å². The van der Waals surface area contributed by atoms with Crippen molar-refractivity contribution in [1.29, 1.82) is 0 Å². The molecule has 25 heavy (non-hydrogen) atoms. The molecule has 6 heteroatoms. The largest absolute Gasteiger partial charge is 0.490 e. The van der Waals surface area contributed by atoms with E-state index in [1.54, 1.807) is 0 Å². The summed E-state index contributed by atoms with van der Waals surface area (Å²) < 4.78 is 10.3. The number of carbonyl (C=O) groups excluding carboxylic acids is 1. The summed E-state index contributed by atoms with van der Waals surface area (Å²) in [7, 11) is 1.41. The lowest BCUT2D eigenvalue weighted by Crippen LogP contribution is -2.46. The molecular weight excluding hydrogens is 320 g/mol. The third-order valence-electron chi connectivity index (χ3n) is 5.22. The molecule has 2 fully saturated rings. The summed E-state index contributed by atoms with van der Waals surface area (Å²) in [5.74, 6) is 1.30. The van der Waals surface area contributed by atoms with Gasteiger partial charge in [0.15, 0.2) is 5.76 Å². The number of nitrogens with zero attached hydrogens (tertiary/aromatic N) is 2. The molecule has 2 aliphatic rings. The van der Waals surface area contributed by atoms with E-state index in [1.807, 2.05) is 4.90 Å². The minimum absolute atomic E-state index is 0.0870. The molecule has 0 spiro atoms. The summed E-state index contributed by atoms with van der Waals surface area (Å²) in [6, 6.07) is 1.58. The Morgan fingerprint density at radius 2 is 2.12 bits per heavy atom. The van der Waals surface area contributed by atoms with Crippen LogP contribution in [0.4, 0.5) is 0 Å². The fourth-order valence-electron chi connectivity index (χ4n) is 3.55. The van der Waals surface area contributed by atoms with E-state index in [9.17, 15) is 9.59 Å². The first-order chi connectivity index (χ1) is 12.0. The van der Waals surface area contributed by atoms with Gasteiger partial charge >= 0.3 is 0 Å². The molecule has 0 N–H and O–H groups in total. The van der Waals surface area contributed by atoms with Gasteiger partial charge in [0, 0.05) is 38.3 Å². The maximum Gasteiger partial charge on any atom is 0.289 e. The summed E-state index contributed by atoms with van der Waals surface area (Å²) in [6.07, 6.45) is 4.83. The number of hydrogen-bond acceptors (Lipinski definition) is 5. The minimum atomic E-state index is -0.331. The summed E-state index contributed by atoms with van der Waals surface area (Å²) in [5, 5.41) is 0. The summed E-state index contributed by atoms with van der Waals surface area (Å²) in [6.45, 7) is 7.97. The number of ether oxygens (including phenoxy) is 1. The Morgan fingerprint density at radius 3 is 2.72 bits per heavy atom. The van der Waals surface area contributed by atoms with E-state index >= 15 is 0 Å². The van der Waals surface area contributed by atoms with Crippen LogP contribution in [0.3, 0.4) is 0 Å². The topological polar surface area (TPSA) is 63.0 Å². The first-order valence-corrected chi connectivity index (χ1v) is 9.19. The molecule has 0 radical (unpaired) electrons. The van der Waals surface area contributed by atoms with Crippen molar-refractivity contribution in [3.63, 3.8) is 0 Å². The van der Waals surface area contributed by atoms with Crippen molar-refractivity contribution in [2.45, 2.75) is 39.2 Å². The van der Waals surface area contributed by atoms with Gasteiger partial charge < -0.3 is 14.1 Å². The maximum atomic E-state index is 12.8. The number of carbonyl (C=O) groups is 1. The second-order valence-electron chi connectivity index (χ2n) is 7.53. The number of methoxy groups -OCH3 is 1. The van der Waals surface area contributed by atoms with Crippen molar-refractivity contribution in [3.8, 4) is 5.75 Å². The van der Waals surface area contributed by atoms with Gasteiger partial charge in [-0.15, -0.1) is 0 Å². The van der Waals surface area contributed by atoms with Crippen LogP contribution in [-0.2, 0) is 0 Å². The molecule has 0 unspecified atom stereocenters. The first kappa shape index (κ1) is 18.0. The number of hydrogen-bond donors (Lipinski definition) is 0. The molecule has 1 amide bonds. The molecule has 1 aromatic heterocycles. The molecule has 1 aliphatic carbocycles. The van der Waals surface area contributed by atoms with E-state index in [1.165, 1.54) is 32.3 Å². The van der Waals surface area contributed by atoms with E-state index in [2.05, 4.69) is 18.7 Å². The fourth-order valence-corrected chi connectivity index (χ4v) is 3.55. The van der Waals surface area contributed by atoms with Crippen molar-refractivity contribution in [2.75, 3.05) is 33.3 Å². The zero-order valence-electron chi connectivity index (χ0n) is 15.4. The molecule has 1 saturated heterocycles. The van der Waals surface area contributed by atoms with Crippen LogP contribution in [0.2, 0.25) is 0 Å². The molecule has 6 nitrogen and oxygen atoms in total. The molecular formula is C19H28N2O4. The Labute approximate surface area is 148 Å². The average molecular weight is 348 g/mol. The van der Waals surface area contributed by atoms with Gasteiger partial charge in [-0.1, -0.05) is 13.8 Å². The summed E-state index contributed by atoms with van der Waals surface area (Å²) in [4.78, 5) is 29.2. The van der Waals surface area contributed by atoms with E-state index in [4.69, 9.17) is 9.15 Å². The summed E-state index contributed by atoms with van der Waals surface area (Å²) in [5.41, 5.74) is -0.331. The molecule has 138 valence electrons. The van der Waals surface area contributed by atoms with E-state index in [-0.39, 0.29) is 22.8 Å². The van der Waals surface area contributed by atoms with Crippen LogP contribution in [0.1, 0.15) is 43.7 Å². The second kappa shape index (κ2) is 7.60. The molecule has 1 saturated carbocycles. The van der Waals surface area contributed by atoms with E-state index in [0.29, 0.717) is 25.0 Å². The quantitative estimate of drug-likeness (QED) is 0.816. The fraction of sp³-hybridized carbons (Fsp3) is 0.684. The van der Waals surface area contributed by atoms with E-state index < -0.39 is 0 Å². The zero-order valence-corrected chi connectivity index (χ0v) is 15.4. The van der Waals surface area contributed by atoms with Crippen LogP contribution in [-0.4, -0.2) is 55.0 Å². The van der Waals surface area contributed by atoms with Gasteiger partial charge in [0.25, 0.3) is 5.91 Å². The van der Waals surface area contributed by atoms with Gasteiger partial charge in [0.1, 0.15) is 6.26 Å². The Hall–Kier alpha value is -1.82. The third-order valence-corrected chi connectivity index (χ3v) is 5.22.